The summed E-state index contributed by atoms with van der Waals surface area (Å²) in [4.78, 5) is 35.8. The molecule has 7 heteroatoms. The highest BCUT2D eigenvalue weighted by Gasteiger charge is 2.21. The number of hydrogen-bond acceptors (Lipinski definition) is 5. The number of carbonyl (C=O) groups excluding carboxylic acids is 1. The zero-order valence-electron chi connectivity index (χ0n) is 22.4. The van der Waals surface area contributed by atoms with Gasteiger partial charge in [0.2, 0.25) is 5.91 Å². The number of aliphatic carboxylic acids is 1. The smallest absolute Gasteiger partial charge is 0.335 e. The van der Waals surface area contributed by atoms with Gasteiger partial charge in [0.1, 0.15) is 5.84 Å². The van der Waals surface area contributed by atoms with Crippen molar-refractivity contribution >= 4 is 17.7 Å². The fourth-order valence-electron chi connectivity index (χ4n) is 4.20. The third-order valence-corrected chi connectivity index (χ3v) is 6.53. The van der Waals surface area contributed by atoms with Crippen molar-refractivity contribution in [2.75, 3.05) is 39.8 Å². The molecule has 1 amide bonds. The molecule has 37 heavy (non-hydrogen) atoms. The Hall–Kier alpha value is -3.71. The number of amidine groups is 1. The van der Waals surface area contributed by atoms with Crippen LogP contribution in [0.4, 0.5) is 0 Å². The van der Waals surface area contributed by atoms with E-state index in [1.807, 2.05) is 44.3 Å². The summed E-state index contributed by atoms with van der Waals surface area (Å²) in [6.45, 7) is 9.46. The molecule has 1 aromatic carbocycles. The van der Waals surface area contributed by atoms with Gasteiger partial charge in [0.05, 0.1) is 25.2 Å². The Labute approximate surface area is 220 Å². The first-order valence-corrected chi connectivity index (χ1v) is 12.7. The van der Waals surface area contributed by atoms with Crippen LogP contribution in [-0.2, 0) is 16.1 Å². The zero-order chi connectivity index (χ0) is 26.8. The highest BCUT2D eigenvalue weighted by molar-refractivity contribution is 5.99. The molecule has 0 radical (unpaired) electrons. The lowest BCUT2D eigenvalue weighted by Gasteiger charge is -2.27. The minimum Gasteiger partial charge on any atom is -0.478 e. The molecule has 2 aliphatic heterocycles. The minimum absolute atomic E-state index is 0.0635. The van der Waals surface area contributed by atoms with Crippen LogP contribution >= 0.6 is 0 Å². The molecule has 0 fully saturated rings. The van der Waals surface area contributed by atoms with Crippen molar-refractivity contribution in [2.24, 2.45) is 4.99 Å². The van der Waals surface area contributed by atoms with Crippen LogP contribution in [0.1, 0.15) is 38.3 Å². The lowest BCUT2D eigenvalue weighted by atomic mass is 10.1. The third kappa shape index (κ3) is 8.15. The summed E-state index contributed by atoms with van der Waals surface area (Å²) in [7, 11) is 2.03. The number of nitrogens with zero attached hydrogens (tertiary/aromatic N) is 4. The number of benzene rings is 1. The SMILES string of the molecule is C/C=C(C)\C=C/CCN1C/C=C/C=C(C(=O)O)\C=C(/C)N(Cc2ccc(C3=NCCN3C)cc2)C(=O)C1. The quantitative estimate of drug-likeness (QED) is 0.533. The Morgan fingerprint density at radius 1 is 1.22 bits per heavy atom. The van der Waals surface area contributed by atoms with Crippen molar-refractivity contribution in [1.29, 1.82) is 0 Å². The Balaban J connectivity index is 1.83. The Bertz CT molecular complexity index is 1160. The van der Waals surface area contributed by atoms with Gasteiger partial charge in [-0.25, -0.2) is 4.79 Å². The van der Waals surface area contributed by atoms with Crippen molar-refractivity contribution in [3.8, 4) is 0 Å². The van der Waals surface area contributed by atoms with E-state index in [9.17, 15) is 14.7 Å². The van der Waals surface area contributed by atoms with Gasteiger partial charge in [0, 0.05) is 37.9 Å². The second-order valence-corrected chi connectivity index (χ2v) is 9.40. The predicted octanol–water partition coefficient (Wildman–Crippen LogP) is 4.41. The first-order chi connectivity index (χ1) is 17.8. The molecular weight excluding hydrogens is 464 g/mol. The normalized spacial score (nSPS) is 21.8. The molecule has 0 unspecified atom stereocenters. The summed E-state index contributed by atoms with van der Waals surface area (Å²) in [6.07, 6.45) is 13.9. The maximum Gasteiger partial charge on any atom is 0.335 e. The van der Waals surface area contributed by atoms with Crippen molar-refractivity contribution in [3.63, 3.8) is 0 Å². The van der Waals surface area contributed by atoms with E-state index in [0.717, 1.165) is 43.0 Å². The van der Waals surface area contributed by atoms with Crippen LogP contribution in [0, 0.1) is 0 Å². The van der Waals surface area contributed by atoms with Gasteiger partial charge in [-0.2, -0.15) is 0 Å². The van der Waals surface area contributed by atoms with Gasteiger partial charge in [-0.15, -0.1) is 0 Å². The van der Waals surface area contributed by atoms with E-state index in [1.165, 1.54) is 5.57 Å². The third-order valence-electron chi connectivity index (χ3n) is 6.53. The zero-order valence-corrected chi connectivity index (χ0v) is 22.4. The molecule has 196 valence electrons. The number of carboxylic acid groups (broad SMARTS) is 1. The van der Waals surface area contributed by atoms with Crippen LogP contribution in [0.25, 0.3) is 0 Å². The van der Waals surface area contributed by atoms with E-state index in [0.29, 0.717) is 18.8 Å². The number of amides is 1. The van der Waals surface area contributed by atoms with E-state index in [4.69, 9.17) is 0 Å². The van der Waals surface area contributed by atoms with Crippen LogP contribution in [-0.4, -0.2) is 77.3 Å². The summed E-state index contributed by atoms with van der Waals surface area (Å²) in [6, 6.07) is 8.09. The summed E-state index contributed by atoms with van der Waals surface area (Å²) < 4.78 is 0. The molecule has 0 bridgehead atoms. The largest absolute Gasteiger partial charge is 0.478 e. The molecule has 0 saturated carbocycles. The van der Waals surface area contributed by atoms with Crippen molar-refractivity contribution in [2.45, 2.75) is 33.7 Å². The van der Waals surface area contributed by atoms with Gasteiger partial charge in [-0.05, 0) is 44.9 Å². The number of likely N-dealkylation sites (N-methyl/N-ethyl adjacent to an activating group) is 1. The fraction of sp³-hybridized carbons (Fsp3) is 0.367. The second kappa shape index (κ2) is 13.6. The monoisotopic (exact) mass is 502 g/mol. The molecular formula is C30H38N4O3. The molecule has 7 nitrogen and oxygen atoms in total. The summed E-state index contributed by atoms with van der Waals surface area (Å²) in [5.74, 6) is -0.110. The predicted molar refractivity (Wildman–Crippen MR) is 149 cm³/mol. The topological polar surface area (TPSA) is 76.5 Å². The van der Waals surface area contributed by atoms with Crippen LogP contribution in [0.2, 0.25) is 0 Å². The summed E-state index contributed by atoms with van der Waals surface area (Å²) >= 11 is 0. The summed E-state index contributed by atoms with van der Waals surface area (Å²) in [5.41, 5.74) is 3.96. The van der Waals surface area contributed by atoms with Gasteiger partial charge in [-0.1, -0.05) is 60.2 Å². The van der Waals surface area contributed by atoms with Gasteiger partial charge in [0.15, 0.2) is 0 Å². The van der Waals surface area contributed by atoms with Gasteiger partial charge in [0.25, 0.3) is 0 Å². The second-order valence-electron chi connectivity index (χ2n) is 9.40. The number of allylic oxidation sites excluding steroid dienone is 6. The average Bonchev–Trinajstić information content (AvgIpc) is 3.30. The molecule has 0 aliphatic carbocycles. The highest BCUT2D eigenvalue weighted by Crippen LogP contribution is 2.18. The van der Waals surface area contributed by atoms with E-state index < -0.39 is 5.97 Å². The molecule has 0 aromatic heterocycles. The molecule has 1 aromatic rings. The molecule has 0 spiro atoms. The fourth-order valence-corrected chi connectivity index (χ4v) is 4.20. The van der Waals surface area contributed by atoms with Crippen molar-refractivity contribution in [1.82, 2.24) is 14.7 Å². The van der Waals surface area contributed by atoms with Gasteiger partial charge in [-0.3, -0.25) is 14.7 Å². The van der Waals surface area contributed by atoms with Crippen molar-refractivity contribution in [3.05, 3.63) is 94.8 Å². The first-order valence-electron chi connectivity index (χ1n) is 12.7. The Kier molecular flexibility index (Phi) is 10.2. The molecule has 0 saturated heterocycles. The number of carbonyl (C=O) groups is 2. The first kappa shape index (κ1) is 27.9. The minimum atomic E-state index is -1.03. The van der Waals surface area contributed by atoms with Crippen LogP contribution in [0.5, 0.6) is 0 Å². The van der Waals surface area contributed by atoms with Crippen LogP contribution in [0.15, 0.2) is 88.6 Å². The van der Waals surface area contributed by atoms with E-state index in [2.05, 4.69) is 39.9 Å². The van der Waals surface area contributed by atoms with Gasteiger partial charge >= 0.3 is 5.97 Å². The molecule has 2 heterocycles. The average molecular weight is 503 g/mol. The van der Waals surface area contributed by atoms with Gasteiger partial charge < -0.3 is 14.9 Å². The Morgan fingerprint density at radius 3 is 2.62 bits per heavy atom. The van der Waals surface area contributed by atoms with E-state index in [-0.39, 0.29) is 18.0 Å². The van der Waals surface area contributed by atoms with Crippen LogP contribution in [0.3, 0.4) is 0 Å². The number of hydrogen-bond donors (Lipinski definition) is 1. The van der Waals surface area contributed by atoms with Crippen LogP contribution < -0.4 is 0 Å². The molecule has 2 aliphatic rings. The molecule has 3 rings (SSSR count). The number of carboxylic acids is 1. The standard InChI is InChI=1S/C30H38N4O3/c1-5-23(2)10-6-8-17-33-18-9-7-11-27(30(36)37)20-24(3)34(28(35)22-33)21-25-12-14-26(15-13-25)29-31-16-19-32(29)4/h5-7,9-15,20H,8,16-19,21-22H2,1-4H3,(H,36,37)/b9-7+,10-6-,23-5-,24-20+,27-11+. The maximum atomic E-state index is 13.6. The molecule has 1 N–H and O–H groups in total. The summed E-state index contributed by atoms with van der Waals surface area (Å²) in [5, 5.41) is 9.68. The highest BCUT2D eigenvalue weighted by atomic mass is 16.4. The number of aliphatic imine (C=N–C) groups is 1. The molecule has 0 atom stereocenters. The number of rotatable bonds is 8. The Morgan fingerprint density at radius 2 is 1.97 bits per heavy atom. The lowest BCUT2D eigenvalue weighted by Crippen LogP contribution is -2.39. The van der Waals surface area contributed by atoms with Crippen molar-refractivity contribution < 1.29 is 14.7 Å². The van der Waals surface area contributed by atoms with E-state index in [1.54, 1.807) is 30.1 Å². The maximum absolute atomic E-state index is 13.6. The lowest BCUT2D eigenvalue weighted by molar-refractivity contribution is -0.133. The van der Waals surface area contributed by atoms with E-state index >= 15 is 0 Å².